The number of aromatic nitrogens is 2. The maximum absolute atomic E-state index is 11.5. The summed E-state index contributed by atoms with van der Waals surface area (Å²) in [5, 5.41) is 0. The van der Waals surface area contributed by atoms with Crippen LogP contribution < -0.4 is 4.74 Å². The van der Waals surface area contributed by atoms with Crippen LogP contribution in [-0.4, -0.2) is 36.1 Å². The molecule has 15 heavy (non-hydrogen) atoms. The monoisotopic (exact) mass is 210 g/mol. The summed E-state index contributed by atoms with van der Waals surface area (Å²) in [5.74, 6) is 0.216. The molecule has 0 saturated carbocycles. The summed E-state index contributed by atoms with van der Waals surface area (Å²) >= 11 is 0. The highest BCUT2D eigenvalue weighted by atomic mass is 16.5. The number of rotatable bonds is 6. The number of Topliss-reactive ketones (excluding diaryl/α,β-unsaturated/α-hetero) is 1. The van der Waals surface area contributed by atoms with E-state index in [0.717, 1.165) is 6.42 Å². The lowest BCUT2D eigenvalue weighted by Crippen LogP contribution is -2.11. The van der Waals surface area contributed by atoms with Crippen molar-refractivity contribution in [2.75, 3.05) is 20.3 Å². The van der Waals surface area contributed by atoms with Crippen molar-refractivity contribution in [3.63, 3.8) is 0 Å². The smallest absolute Gasteiger partial charge is 0.216 e. The van der Waals surface area contributed by atoms with Crippen molar-refractivity contribution in [2.45, 2.75) is 13.3 Å². The van der Waals surface area contributed by atoms with E-state index in [1.807, 2.05) is 6.92 Å². The Kier molecular flexibility index (Phi) is 4.70. The molecule has 5 heteroatoms. The summed E-state index contributed by atoms with van der Waals surface area (Å²) in [4.78, 5) is 19.2. The van der Waals surface area contributed by atoms with E-state index in [9.17, 15) is 4.79 Å². The fourth-order valence-electron chi connectivity index (χ4n) is 0.987. The molecule has 0 amide bonds. The Bertz CT molecular complexity index is 328. The van der Waals surface area contributed by atoms with Crippen molar-refractivity contribution in [2.24, 2.45) is 0 Å². The van der Waals surface area contributed by atoms with Gasteiger partial charge in [0.25, 0.3) is 0 Å². The molecule has 82 valence electrons. The van der Waals surface area contributed by atoms with E-state index in [1.165, 1.54) is 19.5 Å². The molecule has 1 rings (SSSR count). The quantitative estimate of drug-likeness (QED) is 0.519. The Hall–Kier alpha value is -1.49. The highest BCUT2D eigenvalue weighted by Crippen LogP contribution is 2.06. The molecule has 1 aromatic rings. The molecule has 0 unspecified atom stereocenters. The van der Waals surface area contributed by atoms with Crippen molar-refractivity contribution in [3.8, 4) is 5.88 Å². The van der Waals surface area contributed by atoms with E-state index in [-0.39, 0.29) is 12.4 Å². The molecule has 0 radical (unpaired) electrons. The number of carbonyl (C=O) groups is 1. The summed E-state index contributed by atoms with van der Waals surface area (Å²) < 4.78 is 10.0. The van der Waals surface area contributed by atoms with Crippen LogP contribution in [0.2, 0.25) is 0 Å². The Morgan fingerprint density at radius 3 is 2.93 bits per heavy atom. The van der Waals surface area contributed by atoms with Crippen LogP contribution in [0.3, 0.4) is 0 Å². The SMILES string of the molecule is CCCOCC(=O)c1cc(OC)ncn1. The molecule has 0 N–H and O–H groups in total. The first kappa shape index (κ1) is 11.6. The van der Waals surface area contributed by atoms with E-state index < -0.39 is 0 Å². The average Bonchev–Trinajstić information content (AvgIpc) is 2.29. The van der Waals surface area contributed by atoms with E-state index in [0.29, 0.717) is 18.2 Å². The van der Waals surface area contributed by atoms with Crippen molar-refractivity contribution >= 4 is 5.78 Å². The van der Waals surface area contributed by atoms with Gasteiger partial charge in [-0.3, -0.25) is 4.79 Å². The molecule has 0 aromatic carbocycles. The predicted molar refractivity (Wildman–Crippen MR) is 54.0 cm³/mol. The molecule has 1 aromatic heterocycles. The third-order valence-corrected chi connectivity index (χ3v) is 1.72. The van der Waals surface area contributed by atoms with Crippen LogP contribution in [-0.2, 0) is 4.74 Å². The molecule has 0 saturated heterocycles. The van der Waals surface area contributed by atoms with E-state index in [4.69, 9.17) is 9.47 Å². The number of hydrogen-bond acceptors (Lipinski definition) is 5. The molecule has 1 heterocycles. The summed E-state index contributed by atoms with van der Waals surface area (Å²) in [6.07, 6.45) is 2.19. The lowest BCUT2D eigenvalue weighted by molar-refractivity contribution is 0.0756. The van der Waals surface area contributed by atoms with E-state index >= 15 is 0 Å². The van der Waals surface area contributed by atoms with Crippen molar-refractivity contribution in [1.29, 1.82) is 0 Å². The van der Waals surface area contributed by atoms with Crippen molar-refractivity contribution in [3.05, 3.63) is 18.1 Å². The molecule has 0 atom stereocenters. The Labute approximate surface area is 88.4 Å². The second-order valence-corrected chi connectivity index (χ2v) is 2.92. The third kappa shape index (κ3) is 3.63. The minimum atomic E-state index is -0.163. The van der Waals surface area contributed by atoms with Crippen LogP contribution in [0.15, 0.2) is 12.4 Å². The summed E-state index contributed by atoms with van der Waals surface area (Å²) in [6.45, 7) is 2.61. The second kappa shape index (κ2) is 6.08. The number of ketones is 1. The van der Waals surface area contributed by atoms with Gasteiger partial charge in [-0.2, -0.15) is 0 Å². The second-order valence-electron chi connectivity index (χ2n) is 2.92. The number of hydrogen-bond donors (Lipinski definition) is 0. The van der Waals surface area contributed by atoms with Gasteiger partial charge in [0.05, 0.1) is 7.11 Å². The van der Waals surface area contributed by atoms with Gasteiger partial charge in [-0.15, -0.1) is 0 Å². The van der Waals surface area contributed by atoms with Gasteiger partial charge in [0.2, 0.25) is 11.7 Å². The third-order valence-electron chi connectivity index (χ3n) is 1.72. The van der Waals surface area contributed by atoms with Crippen molar-refractivity contribution in [1.82, 2.24) is 9.97 Å². The zero-order valence-electron chi connectivity index (χ0n) is 8.90. The van der Waals surface area contributed by atoms with Gasteiger partial charge in [-0.05, 0) is 6.42 Å². The van der Waals surface area contributed by atoms with Gasteiger partial charge in [0.15, 0.2) is 0 Å². The molecule has 0 aliphatic rings. The number of methoxy groups -OCH3 is 1. The molecular formula is C10H14N2O3. The Morgan fingerprint density at radius 2 is 2.27 bits per heavy atom. The van der Waals surface area contributed by atoms with Crippen molar-refractivity contribution < 1.29 is 14.3 Å². The number of ether oxygens (including phenoxy) is 2. The van der Waals surface area contributed by atoms with Gasteiger partial charge in [0, 0.05) is 12.7 Å². The molecule has 5 nitrogen and oxygen atoms in total. The maximum atomic E-state index is 11.5. The van der Waals surface area contributed by atoms with Gasteiger partial charge in [0.1, 0.15) is 18.6 Å². The minimum Gasteiger partial charge on any atom is -0.481 e. The van der Waals surface area contributed by atoms with Gasteiger partial charge in [-0.1, -0.05) is 6.92 Å². The highest BCUT2D eigenvalue weighted by Gasteiger charge is 2.08. The van der Waals surface area contributed by atoms with E-state index in [2.05, 4.69) is 9.97 Å². The summed E-state index contributed by atoms with van der Waals surface area (Å²) in [5.41, 5.74) is 0.318. The molecule has 0 aliphatic carbocycles. The van der Waals surface area contributed by atoms with Crippen LogP contribution in [0, 0.1) is 0 Å². The zero-order chi connectivity index (χ0) is 11.1. The minimum absolute atomic E-state index is 0.0496. The predicted octanol–water partition coefficient (Wildman–Crippen LogP) is 1.09. The highest BCUT2D eigenvalue weighted by molar-refractivity contribution is 5.95. The van der Waals surface area contributed by atoms with Gasteiger partial charge >= 0.3 is 0 Å². The molecular weight excluding hydrogens is 196 g/mol. The van der Waals surface area contributed by atoms with Crippen LogP contribution in [0.25, 0.3) is 0 Å². The van der Waals surface area contributed by atoms with Crippen LogP contribution in [0.4, 0.5) is 0 Å². The molecule has 0 bridgehead atoms. The molecule has 0 aliphatic heterocycles. The summed E-state index contributed by atoms with van der Waals surface area (Å²) in [7, 11) is 1.49. The van der Waals surface area contributed by atoms with E-state index in [1.54, 1.807) is 0 Å². The molecule has 0 spiro atoms. The molecule has 0 fully saturated rings. The Morgan fingerprint density at radius 1 is 1.47 bits per heavy atom. The fourth-order valence-corrected chi connectivity index (χ4v) is 0.987. The number of nitrogens with zero attached hydrogens (tertiary/aromatic N) is 2. The number of carbonyl (C=O) groups excluding carboxylic acids is 1. The Balaban J connectivity index is 2.57. The largest absolute Gasteiger partial charge is 0.481 e. The normalized spacial score (nSPS) is 10.0. The lowest BCUT2D eigenvalue weighted by atomic mass is 10.3. The lowest BCUT2D eigenvalue weighted by Gasteiger charge is -2.02. The first-order chi connectivity index (χ1) is 7.27. The average molecular weight is 210 g/mol. The topological polar surface area (TPSA) is 61.3 Å². The van der Waals surface area contributed by atoms with Crippen LogP contribution in [0.1, 0.15) is 23.8 Å². The first-order valence-electron chi connectivity index (χ1n) is 4.75. The van der Waals surface area contributed by atoms with Crippen LogP contribution >= 0.6 is 0 Å². The van der Waals surface area contributed by atoms with Gasteiger partial charge in [-0.25, -0.2) is 9.97 Å². The first-order valence-corrected chi connectivity index (χ1v) is 4.75. The van der Waals surface area contributed by atoms with Crippen LogP contribution in [0.5, 0.6) is 5.88 Å². The standard InChI is InChI=1S/C10H14N2O3/c1-3-4-15-6-9(13)8-5-10(14-2)12-7-11-8/h5,7H,3-4,6H2,1-2H3. The van der Waals surface area contributed by atoms with Gasteiger partial charge < -0.3 is 9.47 Å². The zero-order valence-corrected chi connectivity index (χ0v) is 8.90. The summed E-state index contributed by atoms with van der Waals surface area (Å²) in [6, 6.07) is 1.50. The maximum Gasteiger partial charge on any atom is 0.216 e. The fraction of sp³-hybridized carbons (Fsp3) is 0.500.